The average molecular weight is 310 g/mol. The summed E-state index contributed by atoms with van der Waals surface area (Å²) in [7, 11) is 0. The number of rotatable bonds is 5. The molecule has 5 nitrogen and oxygen atoms in total. The van der Waals surface area contributed by atoms with Crippen LogP contribution >= 0.6 is 11.3 Å². The van der Waals surface area contributed by atoms with Crippen LogP contribution in [0.25, 0.3) is 0 Å². The lowest BCUT2D eigenvalue weighted by atomic mass is 10.1. The zero-order valence-corrected chi connectivity index (χ0v) is 13.6. The summed E-state index contributed by atoms with van der Waals surface area (Å²) in [5.74, 6) is -0.382. The molecule has 0 aliphatic carbocycles. The Balaban J connectivity index is 1.91. The Hall–Kier alpha value is -1.43. The van der Waals surface area contributed by atoms with Crippen LogP contribution in [0.3, 0.4) is 0 Å². The van der Waals surface area contributed by atoms with E-state index in [1.54, 1.807) is 16.2 Å². The van der Waals surface area contributed by atoms with Crippen molar-refractivity contribution >= 4 is 23.2 Å². The van der Waals surface area contributed by atoms with Gasteiger partial charge in [0.15, 0.2) is 0 Å². The van der Waals surface area contributed by atoms with Crippen molar-refractivity contribution in [3.8, 4) is 0 Å². The van der Waals surface area contributed by atoms with Crippen molar-refractivity contribution in [2.75, 3.05) is 6.54 Å². The van der Waals surface area contributed by atoms with E-state index in [2.05, 4.69) is 4.98 Å². The molecule has 2 rings (SSSR count). The van der Waals surface area contributed by atoms with Crippen molar-refractivity contribution in [1.29, 1.82) is 0 Å². The van der Waals surface area contributed by atoms with Crippen LogP contribution in [-0.2, 0) is 27.4 Å². The van der Waals surface area contributed by atoms with E-state index in [0.717, 1.165) is 23.5 Å². The van der Waals surface area contributed by atoms with Crippen LogP contribution in [0.15, 0.2) is 5.38 Å². The van der Waals surface area contributed by atoms with Crippen molar-refractivity contribution in [3.05, 3.63) is 16.1 Å². The Morgan fingerprint density at radius 2 is 2.29 bits per heavy atom. The van der Waals surface area contributed by atoms with Gasteiger partial charge in [-0.05, 0) is 19.3 Å². The molecule has 1 aromatic rings. The zero-order valence-electron chi connectivity index (χ0n) is 12.8. The molecule has 1 aliphatic rings. The molecule has 1 unspecified atom stereocenters. The van der Waals surface area contributed by atoms with Gasteiger partial charge in [-0.3, -0.25) is 4.79 Å². The Morgan fingerprint density at radius 1 is 1.52 bits per heavy atom. The lowest BCUT2D eigenvalue weighted by Gasteiger charge is -2.24. The largest absolute Gasteiger partial charge is 0.458 e. The lowest BCUT2D eigenvalue weighted by molar-refractivity contribution is -0.155. The van der Waals surface area contributed by atoms with E-state index in [1.807, 2.05) is 26.2 Å². The van der Waals surface area contributed by atoms with Crippen LogP contribution in [0.5, 0.6) is 0 Å². The van der Waals surface area contributed by atoms with Gasteiger partial charge in [-0.2, -0.15) is 0 Å². The number of hydrogen-bond donors (Lipinski definition) is 0. The molecule has 1 fully saturated rings. The molecule has 0 aromatic carbocycles. The average Bonchev–Trinajstić information content (AvgIpc) is 3.12. The maximum Gasteiger partial charge on any atom is 0.329 e. The maximum atomic E-state index is 12.2. The van der Waals surface area contributed by atoms with Crippen LogP contribution in [0.1, 0.15) is 44.3 Å². The number of carbonyl (C=O) groups excluding carboxylic acids is 2. The number of ether oxygens (including phenoxy) is 1. The molecule has 0 saturated carbocycles. The SMILES string of the molecule is CCc1nc(COC(=O)C2CCCN2C(=O)C(C)C)cs1. The minimum absolute atomic E-state index is 0.0244. The summed E-state index contributed by atoms with van der Waals surface area (Å²) < 4.78 is 5.34. The standard InChI is InChI=1S/C15H22N2O3S/c1-4-13-16-11(9-21-13)8-20-15(19)12-6-5-7-17(12)14(18)10(2)3/h9-10,12H,4-8H2,1-3H3. The van der Waals surface area contributed by atoms with Crippen molar-refractivity contribution in [1.82, 2.24) is 9.88 Å². The summed E-state index contributed by atoms with van der Waals surface area (Å²) in [6, 6.07) is -0.427. The van der Waals surface area contributed by atoms with Gasteiger partial charge in [0.2, 0.25) is 5.91 Å². The molecule has 1 atom stereocenters. The lowest BCUT2D eigenvalue weighted by Crippen LogP contribution is -2.43. The zero-order chi connectivity index (χ0) is 15.4. The fourth-order valence-electron chi connectivity index (χ4n) is 2.43. The second-order valence-electron chi connectivity index (χ2n) is 5.54. The molecule has 6 heteroatoms. The predicted molar refractivity (Wildman–Crippen MR) is 80.9 cm³/mol. The second-order valence-corrected chi connectivity index (χ2v) is 6.48. The quantitative estimate of drug-likeness (QED) is 0.784. The third kappa shape index (κ3) is 3.81. The number of thiazole rings is 1. The third-order valence-corrected chi connectivity index (χ3v) is 4.61. The molecule has 0 radical (unpaired) electrons. The van der Waals surface area contributed by atoms with Crippen LogP contribution in [0.2, 0.25) is 0 Å². The van der Waals surface area contributed by atoms with Gasteiger partial charge < -0.3 is 9.64 Å². The fourth-order valence-corrected chi connectivity index (χ4v) is 3.16. The Bertz CT molecular complexity index is 513. The number of esters is 1. The molecular weight excluding hydrogens is 288 g/mol. The Labute approximate surface area is 129 Å². The van der Waals surface area contributed by atoms with E-state index >= 15 is 0 Å². The Morgan fingerprint density at radius 3 is 2.90 bits per heavy atom. The summed E-state index contributed by atoms with van der Waals surface area (Å²) in [5, 5.41) is 2.95. The van der Waals surface area contributed by atoms with E-state index in [4.69, 9.17) is 4.74 Å². The van der Waals surface area contributed by atoms with E-state index in [9.17, 15) is 9.59 Å². The number of amides is 1. The number of likely N-dealkylation sites (tertiary alicyclic amines) is 1. The van der Waals surface area contributed by atoms with Crippen LogP contribution in [-0.4, -0.2) is 34.3 Å². The predicted octanol–water partition coefficient (Wildman–Crippen LogP) is 2.40. The molecule has 1 aromatic heterocycles. The molecular formula is C15H22N2O3S. The summed E-state index contributed by atoms with van der Waals surface area (Å²) in [4.78, 5) is 30.3. The first kappa shape index (κ1) is 15.9. The van der Waals surface area contributed by atoms with Crippen molar-refractivity contribution in [2.45, 2.75) is 52.7 Å². The minimum atomic E-state index is -0.427. The van der Waals surface area contributed by atoms with Gasteiger partial charge in [-0.25, -0.2) is 9.78 Å². The number of hydrogen-bond acceptors (Lipinski definition) is 5. The van der Waals surface area contributed by atoms with Gasteiger partial charge in [-0.15, -0.1) is 11.3 Å². The molecule has 1 saturated heterocycles. The monoisotopic (exact) mass is 310 g/mol. The first-order valence-corrected chi connectivity index (χ1v) is 8.31. The number of aromatic nitrogens is 1. The van der Waals surface area contributed by atoms with Gasteiger partial charge >= 0.3 is 5.97 Å². The molecule has 0 N–H and O–H groups in total. The number of nitrogens with zero attached hydrogens (tertiary/aromatic N) is 2. The molecule has 116 valence electrons. The van der Waals surface area contributed by atoms with E-state index in [0.29, 0.717) is 13.0 Å². The molecule has 21 heavy (non-hydrogen) atoms. The third-order valence-electron chi connectivity index (χ3n) is 3.57. The van der Waals surface area contributed by atoms with E-state index in [1.165, 1.54) is 0 Å². The highest BCUT2D eigenvalue weighted by molar-refractivity contribution is 7.09. The number of aryl methyl sites for hydroxylation is 1. The highest BCUT2D eigenvalue weighted by Crippen LogP contribution is 2.21. The maximum absolute atomic E-state index is 12.2. The highest BCUT2D eigenvalue weighted by Gasteiger charge is 2.36. The highest BCUT2D eigenvalue weighted by atomic mass is 32.1. The van der Waals surface area contributed by atoms with Crippen LogP contribution in [0.4, 0.5) is 0 Å². The first-order valence-electron chi connectivity index (χ1n) is 7.43. The molecule has 2 heterocycles. The molecule has 1 amide bonds. The topological polar surface area (TPSA) is 59.5 Å². The first-order chi connectivity index (χ1) is 10.0. The molecule has 1 aliphatic heterocycles. The summed E-state index contributed by atoms with van der Waals surface area (Å²) in [6.45, 7) is 6.58. The van der Waals surface area contributed by atoms with E-state index in [-0.39, 0.29) is 24.4 Å². The summed E-state index contributed by atoms with van der Waals surface area (Å²) >= 11 is 1.58. The molecule has 0 bridgehead atoms. The van der Waals surface area contributed by atoms with Crippen LogP contribution < -0.4 is 0 Å². The van der Waals surface area contributed by atoms with Crippen molar-refractivity contribution < 1.29 is 14.3 Å². The number of carbonyl (C=O) groups is 2. The van der Waals surface area contributed by atoms with Crippen molar-refractivity contribution in [3.63, 3.8) is 0 Å². The summed E-state index contributed by atoms with van der Waals surface area (Å²) in [6.07, 6.45) is 2.43. The van der Waals surface area contributed by atoms with E-state index < -0.39 is 6.04 Å². The van der Waals surface area contributed by atoms with Gasteiger partial charge in [0.1, 0.15) is 12.6 Å². The normalized spacial score (nSPS) is 18.3. The van der Waals surface area contributed by atoms with Gasteiger partial charge in [0.05, 0.1) is 10.7 Å². The van der Waals surface area contributed by atoms with Gasteiger partial charge in [-0.1, -0.05) is 20.8 Å². The minimum Gasteiger partial charge on any atom is -0.458 e. The smallest absolute Gasteiger partial charge is 0.329 e. The second kappa shape index (κ2) is 7.02. The fraction of sp³-hybridized carbons (Fsp3) is 0.667. The van der Waals surface area contributed by atoms with Crippen molar-refractivity contribution in [2.24, 2.45) is 5.92 Å². The summed E-state index contributed by atoms with van der Waals surface area (Å²) in [5.41, 5.74) is 0.782. The van der Waals surface area contributed by atoms with Gasteiger partial charge in [0.25, 0.3) is 0 Å². The van der Waals surface area contributed by atoms with Gasteiger partial charge in [0, 0.05) is 17.8 Å². The van der Waals surface area contributed by atoms with Crippen LogP contribution in [0, 0.1) is 5.92 Å². The Kier molecular flexibility index (Phi) is 5.33. The molecule has 0 spiro atoms.